The molecule has 3 aromatic rings. The van der Waals surface area contributed by atoms with Crippen molar-refractivity contribution < 1.29 is 22.6 Å². The summed E-state index contributed by atoms with van der Waals surface area (Å²) in [6.07, 6.45) is -2.21. The van der Waals surface area contributed by atoms with Gasteiger partial charge in [-0.3, -0.25) is 0 Å². The number of hydrogen-bond donors (Lipinski definition) is 1. The maximum Gasteiger partial charge on any atom is 0.573 e. The normalized spacial score (nSPS) is 13.1. The number of nitrogens with one attached hydrogen (secondary N) is 1. The second-order valence-electron chi connectivity index (χ2n) is 6.75. The molecule has 5 nitrogen and oxygen atoms in total. The Hall–Kier alpha value is -3.16. The average Bonchev–Trinajstić information content (AvgIpc) is 3.29. The van der Waals surface area contributed by atoms with Crippen LogP contribution in [0.5, 0.6) is 11.5 Å². The van der Waals surface area contributed by atoms with Crippen molar-refractivity contribution >= 4 is 5.82 Å². The lowest BCUT2D eigenvalue weighted by Crippen LogP contribution is -2.17. The molecule has 1 aliphatic rings. The van der Waals surface area contributed by atoms with Crippen molar-refractivity contribution in [2.45, 2.75) is 25.6 Å². The van der Waals surface area contributed by atoms with E-state index in [0.29, 0.717) is 5.69 Å². The van der Waals surface area contributed by atoms with Gasteiger partial charge in [0.05, 0.1) is 18.5 Å². The van der Waals surface area contributed by atoms with Gasteiger partial charge < -0.3 is 14.8 Å². The summed E-state index contributed by atoms with van der Waals surface area (Å²) in [7, 11) is 1.64. The minimum absolute atomic E-state index is 0.252. The second-order valence-corrected chi connectivity index (χ2v) is 6.75. The van der Waals surface area contributed by atoms with Gasteiger partial charge in [-0.25, -0.2) is 4.68 Å². The van der Waals surface area contributed by atoms with Gasteiger partial charge in [-0.2, -0.15) is 5.10 Å². The van der Waals surface area contributed by atoms with Crippen LogP contribution in [0.3, 0.4) is 0 Å². The van der Waals surface area contributed by atoms with Crippen LogP contribution in [0.4, 0.5) is 19.0 Å². The summed E-state index contributed by atoms with van der Waals surface area (Å²) in [5.74, 6) is 1.47. The Bertz CT molecular complexity index is 980. The zero-order valence-electron chi connectivity index (χ0n) is 15.8. The molecule has 0 fully saturated rings. The minimum atomic E-state index is -4.70. The van der Waals surface area contributed by atoms with Crippen molar-refractivity contribution in [3.05, 3.63) is 65.4 Å². The fourth-order valence-electron chi connectivity index (χ4n) is 3.48. The molecular weight excluding hydrogens is 383 g/mol. The first-order valence-electron chi connectivity index (χ1n) is 9.27. The number of alkyl halides is 3. The number of benzene rings is 2. The first kappa shape index (κ1) is 19.2. The zero-order valence-corrected chi connectivity index (χ0v) is 15.8. The van der Waals surface area contributed by atoms with Gasteiger partial charge >= 0.3 is 6.36 Å². The highest BCUT2D eigenvalue weighted by Gasteiger charge is 2.31. The van der Waals surface area contributed by atoms with E-state index in [1.165, 1.54) is 17.7 Å². The summed E-state index contributed by atoms with van der Waals surface area (Å²) in [4.78, 5) is 0. The molecule has 0 bridgehead atoms. The van der Waals surface area contributed by atoms with Crippen molar-refractivity contribution in [2.75, 3.05) is 19.0 Å². The third kappa shape index (κ3) is 4.31. The molecule has 0 saturated heterocycles. The van der Waals surface area contributed by atoms with E-state index in [1.54, 1.807) is 23.9 Å². The summed E-state index contributed by atoms with van der Waals surface area (Å²) in [5.41, 5.74) is 4.03. The van der Waals surface area contributed by atoms with Crippen molar-refractivity contribution in [3.63, 3.8) is 0 Å². The van der Waals surface area contributed by atoms with E-state index in [0.717, 1.165) is 48.6 Å². The fourth-order valence-corrected chi connectivity index (χ4v) is 3.48. The number of halogens is 3. The van der Waals surface area contributed by atoms with E-state index in [4.69, 9.17) is 9.84 Å². The number of aromatic nitrogens is 2. The highest BCUT2D eigenvalue weighted by atomic mass is 19.4. The first-order valence-corrected chi connectivity index (χ1v) is 9.27. The van der Waals surface area contributed by atoms with E-state index >= 15 is 0 Å². The third-order valence-electron chi connectivity index (χ3n) is 4.86. The van der Waals surface area contributed by atoms with E-state index in [9.17, 15) is 13.2 Å². The van der Waals surface area contributed by atoms with Crippen LogP contribution >= 0.6 is 0 Å². The van der Waals surface area contributed by atoms with Crippen LogP contribution in [0.15, 0.2) is 48.5 Å². The molecule has 0 amide bonds. The van der Waals surface area contributed by atoms with Gasteiger partial charge in [0.15, 0.2) is 0 Å². The summed E-state index contributed by atoms with van der Waals surface area (Å²) >= 11 is 0. The van der Waals surface area contributed by atoms with E-state index in [-0.39, 0.29) is 5.75 Å². The molecule has 0 atom stereocenters. The molecule has 0 spiro atoms. The SMILES string of the molecule is COc1ccc(CCc2nn(-c3ccc(OC(F)(F)F)cc3)c3c2CCN3)cc1. The van der Waals surface area contributed by atoms with Crippen LogP contribution in [-0.4, -0.2) is 29.8 Å². The van der Waals surface area contributed by atoms with Crippen molar-refractivity contribution in [2.24, 2.45) is 0 Å². The van der Waals surface area contributed by atoms with Gasteiger partial charge in [0.1, 0.15) is 17.3 Å². The molecule has 0 aliphatic carbocycles. The van der Waals surface area contributed by atoms with Crippen LogP contribution in [0, 0.1) is 0 Å². The molecule has 152 valence electrons. The molecule has 1 aromatic heterocycles. The molecule has 1 N–H and O–H groups in total. The molecule has 29 heavy (non-hydrogen) atoms. The maximum atomic E-state index is 12.4. The van der Waals surface area contributed by atoms with E-state index in [2.05, 4.69) is 10.1 Å². The summed E-state index contributed by atoms with van der Waals surface area (Å²) in [6, 6.07) is 13.7. The Morgan fingerprint density at radius 3 is 2.34 bits per heavy atom. The number of fused-ring (bicyclic) bond motifs is 1. The summed E-state index contributed by atoms with van der Waals surface area (Å²) in [5, 5.41) is 8.05. The Labute approximate surface area is 166 Å². The van der Waals surface area contributed by atoms with Crippen molar-refractivity contribution in [1.29, 1.82) is 0 Å². The number of aryl methyl sites for hydroxylation is 2. The fraction of sp³-hybridized carbons (Fsp3) is 0.286. The van der Waals surface area contributed by atoms with Crippen molar-refractivity contribution in [1.82, 2.24) is 9.78 Å². The molecule has 0 radical (unpaired) electrons. The number of anilines is 1. The molecule has 2 aromatic carbocycles. The second kappa shape index (κ2) is 7.69. The van der Waals surface area contributed by atoms with Gasteiger partial charge in [-0.1, -0.05) is 12.1 Å². The molecule has 2 heterocycles. The molecule has 0 unspecified atom stereocenters. The van der Waals surface area contributed by atoms with E-state index < -0.39 is 6.36 Å². The third-order valence-corrected chi connectivity index (χ3v) is 4.86. The van der Waals surface area contributed by atoms with Crippen LogP contribution in [0.1, 0.15) is 16.8 Å². The van der Waals surface area contributed by atoms with Crippen LogP contribution in [-0.2, 0) is 19.3 Å². The molecule has 1 aliphatic heterocycles. The Balaban J connectivity index is 1.53. The van der Waals surface area contributed by atoms with Gasteiger partial charge in [-0.15, -0.1) is 13.2 Å². The lowest BCUT2D eigenvalue weighted by Gasteiger charge is -2.10. The highest BCUT2D eigenvalue weighted by molar-refractivity contribution is 5.57. The first-order chi connectivity index (χ1) is 13.9. The molecule has 4 rings (SSSR count). The molecule has 0 saturated carbocycles. The number of ether oxygens (including phenoxy) is 2. The predicted molar refractivity (Wildman–Crippen MR) is 103 cm³/mol. The van der Waals surface area contributed by atoms with Crippen LogP contribution in [0.2, 0.25) is 0 Å². The largest absolute Gasteiger partial charge is 0.573 e. The lowest BCUT2D eigenvalue weighted by molar-refractivity contribution is -0.274. The quantitative estimate of drug-likeness (QED) is 0.657. The van der Waals surface area contributed by atoms with Gasteiger partial charge in [0, 0.05) is 12.1 Å². The number of hydrogen-bond acceptors (Lipinski definition) is 4. The monoisotopic (exact) mass is 403 g/mol. The lowest BCUT2D eigenvalue weighted by atomic mass is 10.1. The van der Waals surface area contributed by atoms with Gasteiger partial charge in [0.25, 0.3) is 0 Å². The standard InChI is InChI=1S/C21H20F3N3O2/c1-28-16-7-2-14(3-8-16)4-11-19-18-12-13-25-20(18)27(26-19)15-5-9-17(10-6-15)29-21(22,23)24/h2-3,5-10,25H,4,11-13H2,1H3. The smallest absolute Gasteiger partial charge is 0.497 e. The summed E-state index contributed by atoms with van der Waals surface area (Å²) < 4.78 is 48.0. The molecular formula is C21H20F3N3O2. The Kier molecular flexibility index (Phi) is 5.08. The topological polar surface area (TPSA) is 48.3 Å². The minimum Gasteiger partial charge on any atom is -0.497 e. The van der Waals surface area contributed by atoms with Crippen LogP contribution in [0.25, 0.3) is 5.69 Å². The van der Waals surface area contributed by atoms with Gasteiger partial charge in [0.2, 0.25) is 0 Å². The average molecular weight is 403 g/mol. The number of methoxy groups -OCH3 is 1. The predicted octanol–water partition coefficient (Wildman–Crippen LogP) is 4.53. The maximum absolute atomic E-state index is 12.4. The zero-order chi connectivity index (χ0) is 20.4. The number of nitrogens with zero attached hydrogens (tertiary/aromatic N) is 2. The Morgan fingerprint density at radius 1 is 1.00 bits per heavy atom. The number of rotatable bonds is 6. The summed E-state index contributed by atoms with van der Waals surface area (Å²) in [6.45, 7) is 0.817. The highest BCUT2D eigenvalue weighted by Crippen LogP contribution is 2.31. The van der Waals surface area contributed by atoms with Crippen LogP contribution < -0.4 is 14.8 Å². The Morgan fingerprint density at radius 2 is 1.69 bits per heavy atom. The van der Waals surface area contributed by atoms with Crippen molar-refractivity contribution in [3.8, 4) is 17.2 Å². The molecule has 8 heteroatoms. The van der Waals surface area contributed by atoms with Gasteiger partial charge in [-0.05, 0) is 61.2 Å². The van der Waals surface area contributed by atoms with E-state index in [1.807, 2.05) is 24.3 Å².